The summed E-state index contributed by atoms with van der Waals surface area (Å²) in [6, 6.07) is 5.55. The Morgan fingerprint density at radius 3 is 2.28 bits per heavy atom. The molecule has 0 fully saturated rings. The first kappa shape index (κ1) is 20.1. The second-order valence-corrected chi connectivity index (χ2v) is 8.41. The molecule has 25 heavy (non-hydrogen) atoms. The van der Waals surface area contributed by atoms with Gasteiger partial charge in [-0.3, -0.25) is 9.29 Å². The third kappa shape index (κ3) is 4.68. The molecular formula is C13H9Cl2F3NO4PS. The molecule has 2 N–H and O–H groups in total. The molecule has 0 spiro atoms. The van der Waals surface area contributed by atoms with E-state index >= 15 is 0 Å². The van der Waals surface area contributed by atoms with Gasteiger partial charge < -0.3 is 4.89 Å². The summed E-state index contributed by atoms with van der Waals surface area (Å²) in [6.07, 6.45) is -4.85. The Labute approximate surface area is 151 Å². The SMILES string of the molecule is O=[PH](O)c1ccc(Cl)cc1NS(=O)(=O)c1ccc(Cl)c(C(F)(F)F)c1. The van der Waals surface area contributed by atoms with Crippen LogP contribution in [0.15, 0.2) is 41.3 Å². The highest BCUT2D eigenvalue weighted by Crippen LogP contribution is 2.36. The summed E-state index contributed by atoms with van der Waals surface area (Å²) in [5.41, 5.74) is -1.62. The quantitative estimate of drug-likeness (QED) is 0.716. The molecule has 0 amide bonds. The third-order valence-electron chi connectivity index (χ3n) is 3.01. The van der Waals surface area contributed by atoms with E-state index in [0.717, 1.165) is 24.3 Å². The van der Waals surface area contributed by atoms with Crippen molar-refractivity contribution in [3.8, 4) is 0 Å². The fourth-order valence-corrected chi connectivity index (χ4v) is 4.05. The molecule has 2 aromatic carbocycles. The Hall–Kier alpha value is -1.25. The van der Waals surface area contributed by atoms with Crippen molar-refractivity contribution in [2.24, 2.45) is 0 Å². The van der Waals surface area contributed by atoms with Gasteiger partial charge in [-0.25, -0.2) is 8.42 Å². The van der Waals surface area contributed by atoms with Crippen molar-refractivity contribution in [3.05, 3.63) is 52.0 Å². The van der Waals surface area contributed by atoms with E-state index < -0.39 is 39.7 Å². The molecule has 0 aliphatic rings. The van der Waals surface area contributed by atoms with Crippen molar-refractivity contribution in [1.82, 2.24) is 0 Å². The van der Waals surface area contributed by atoms with Gasteiger partial charge in [0, 0.05) is 5.02 Å². The Kier molecular flexibility index (Phi) is 5.75. The van der Waals surface area contributed by atoms with Gasteiger partial charge in [0.2, 0.25) is 8.03 Å². The predicted octanol–water partition coefficient (Wildman–Crippen LogP) is 3.91. The highest BCUT2D eigenvalue weighted by atomic mass is 35.5. The summed E-state index contributed by atoms with van der Waals surface area (Å²) >= 11 is 11.2. The number of halogens is 5. The van der Waals surface area contributed by atoms with E-state index in [9.17, 15) is 31.0 Å². The van der Waals surface area contributed by atoms with Gasteiger partial charge in [-0.2, -0.15) is 13.2 Å². The smallest absolute Gasteiger partial charge is 0.343 e. The van der Waals surface area contributed by atoms with Gasteiger partial charge in [0.1, 0.15) is 0 Å². The van der Waals surface area contributed by atoms with Crippen LogP contribution in [0.5, 0.6) is 0 Å². The van der Waals surface area contributed by atoms with Crippen molar-refractivity contribution in [3.63, 3.8) is 0 Å². The number of benzene rings is 2. The Balaban J connectivity index is 2.51. The maximum atomic E-state index is 12.9. The lowest BCUT2D eigenvalue weighted by Crippen LogP contribution is -2.18. The zero-order valence-corrected chi connectivity index (χ0v) is 15.3. The monoisotopic (exact) mass is 433 g/mol. The van der Waals surface area contributed by atoms with Crippen molar-refractivity contribution in [1.29, 1.82) is 0 Å². The van der Waals surface area contributed by atoms with Crippen LogP contribution >= 0.6 is 31.2 Å². The van der Waals surface area contributed by atoms with Gasteiger partial charge >= 0.3 is 6.18 Å². The van der Waals surface area contributed by atoms with Gasteiger partial charge in [0.15, 0.2) is 0 Å². The fourth-order valence-electron chi connectivity index (χ4n) is 1.88. The van der Waals surface area contributed by atoms with E-state index in [-0.39, 0.29) is 16.0 Å². The van der Waals surface area contributed by atoms with Gasteiger partial charge in [-0.1, -0.05) is 23.2 Å². The minimum atomic E-state index is -4.85. The molecule has 2 rings (SSSR count). The van der Waals surface area contributed by atoms with Crippen molar-refractivity contribution in [2.45, 2.75) is 11.1 Å². The number of alkyl halides is 3. The van der Waals surface area contributed by atoms with Gasteiger partial charge in [-0.15, -0.1) is 0 Å². The number of hydrogen-bond donors (Lipinski definition) is 2. The second kappa shape index (κ2) is 7.17. The number of nitrogens with one attached hydrogen (secondary N) is 1. The molecule has 0 radical (unpaired) electrons. The van der Waals surface area contributed by atoms with Crippen LogP contribution in [0.2, 0.25) is 10.0 Å². The molecule has 0 saturated heterocycles. The molecule has 12 heteroatoms. The van der Waals surface area contributed by atoms with Crippen molar-refractivity contribution in [2.75, 3.05) is 4.72 Å². The first-order chi connectivity index (χ1) is 11.4. The molecule has 5 nitrogen and oxygen atoms in total. The molecule has 1 atom stereocenters. The lowest BCUT2D eigenvalue weighted by molar-refractivity contribution is -0.137. The van der Waals surface area contributed by atoms with E-state index in [1.807, 2.05) is 4.72 Å². The topological polar surface area (TPSA) is 83.5 Å². The average Bonchev–Trinajstić information content (AvgIpc) is 2.45. The lowest BCUT2D eigenvalue weighted by atomic mass is 10.2. The normalized spacial score (nSPS) is 13.5. The van der Waals surface area contributed by atoms with E-state index in [4.69, 9.17) is 23.2 Å². The van der Waals surface area contributed by atoms with E-state index in [2.05, 4.69) is 0 Å². The summed E-state index contributed by atoms with van der Waals surface area (Å²) in [5, 5.41) is -0.824. The average molecular weight is 434 g/mol. The molecule has 0 aliphatic carbocycles. The van der Waals surface area contributed by atoms with Gasteiger partial charge in [-0.05, 0) is 36.4 Å². The fraction of sp³-hybridized carbons (Fsp3) is 0.0769. The number of anilines is 1. The van der Waals surface area contributed by atoms with Crippen LogP contribution in [0.3, 0.4) is 0 Å². The number of rotatable bonds is 4. The predicted molar refractivity (Wildman–Crippen MR) is 89.6 cm³/mol. The first-order valence-corrected chi connectivity index (χ1v) is 9.93. The van der Waals surface area contributed by atoms with Gasteiger partial charge in [0.05, 0.1) is 26.5 Å². The molecule has 0 aliphatic heterocycles. The van der Waals surface area contributed by atoms with Crippen LogP contribution in [0.1, 0.15) is 5.56 Å². The van der Waals surface area contributed by atoms with Crippen molar-refractivity contribution >= 4 is 52.2 Å². The van der Waals surface area contributed by atoms with E-state index in [1.54, 1.807) is 0 Å². The highest BCUT2D eigenvalue weighted by Gasteiger charge is 2.34. The van der Waals surface area contributed by atoms with Crippen LogP contribution in [0.25, 0.3) is 0 Å². The molecule has 136 valence electrons. The lowest BCUT2D eigenvalue weighted by Gasteiger charge is -2.14. The summed E-state index contributed by atoms with van der Waals surface area (Å²) in [4.78, 5) is 8.54. The second-order valence-electron chi connectivity index (χ2n) is 4.74. The summed E-state index contributed by atoms with van der Waals surface area (Å²) in [7, 11) is -7.77. The number of hydrogen-bond acceptors (Lipinski definition) is 3. The zero-order chi connectivity index (χ0) is 19.0. The Bertz CT molecular complexity index is 951. The minimum Gasteiger partial charge on any atom is -0.343 e. The largest absolute Gasteiger partial charge is 0.417 e. The maximum Gasteiger partial charge on any atom is 0.417 e. The van der Waals surface area contributed by atoms with E-state index in [1.165, 1.54) is 6.07 Å². The molecule has 2 aromatic rings. The van der Waals surface area contributed by atoms with Crippen molar-refractivity contribution < 1.29 is 31.0 Å². The van der Waals surface area contributed by atoms with Crippen LogP contribution in [0, 0.1) is 0 Å². The molecule has 0 saturated carbocycles. The summed E-state index contributed by atoms with van der Waals surface area (Å²) in [6.45, 7) is 0. The number of sulfonamides is 1. The molecular weight excluding hydrogens is 425 g/mol. The molecule has 0 bridgehead atoms. The van der Waals surface area contributed by atoms with Gasteiger partial charge in [0.25, 0.3) is 10.0 Å². The standard InChI is InChI=1S/C13H9Cl2F3NO4PS/c14-7-1-4-12(24(20)21)11(5-7)19-25(22,23)8-2-3-10(15)9(6-8)13(16,17)18/h1-6,19,24H,(H,20,21). The van der Waals surface area contributed by atoms with Crippen LogP contribution in [-0.4, -0.2) is 13.3 Å². The third-order valence-corrected chi connectivity index (χ3v) is 5.83. The highest BCUT2D eigenvalue weighted by molar-refractivity contribution is 7.92. The van der Waals surface area contributed by atoms with Crippen LogP contribution < -0.4 is 10.0 Å². The van der Waals surface area contributed by atoms with E-state index in [0.29, 0.717) is 6.07 Å². The summed E-state index contributed by atoms with van der Waals surface area (Å²) < 4.78 is 76.6. The first-order valence-electron chi connectivity index (χ1n) is 6.34. The molecule has 1 unspecified atom stereocenters. The maximum absolute atomic E-state index is 12.9. The Morgan fingerprint density at radius 2 is 1.72 bits per heavy atom. The van der Waals surface area contributed by atoms with Crippen LogP contribution in [-0.2, 0) is 20.8 Å². The molecule has 0 heterocycles. The summed E-state index contributed by atoms with van der Waals surface area (Å²) in [5.74, 6) is 0. The minimum absolute atomic E-state index is 0.0665. The Morgan fingerprint density at radius 1 is 1.08 bits per heavy atom. The van der Waals surface area contributed by atoms with Crippen LogP contribution in [0.4, 0.5) is 18.9 Å². The zero-order valence-electron chi connectivity index (χ0n) is 11.9. The molecule has 0 aromatic heterocycles.